The average Bonchev–Trinajstić information content (AvgIpc) is 3.19. The minimum Gasteiger partial charge on any atom is -0.493 e. The smallest absolute Gasteiger partial charge is 0.273 e. The summed E-state index contributed by atoms with van der Waals surface area (Å²) in [6, 6.07) is 24.8. The van der Waals surface area contributed by atoms with Crippen molar-refractivity contribution in [2.75, 3.05) is 7.11 Å². The summed E-state index contributed by atoms with van der Waals surface area (Å²) >= 11 is 1.11. The van der Waals surface area contributed by atoms with Crippen molar-refractivity contribution < 1.29 is 9.47 Å². The van der Waals surface area contributed by atoms with E-state index in [1.54, 1.807) is 25.3 Å². The lowest BCUT2D eigenvalue weighted by atomic mass is 10.1. The second-order valence-corrected chi connectivity index (χ2v) is 9.16. The highest BCUT2D eigenvalue weighted by atomic mass is 32.1. The van der Waals surface area contributed by atoms with Gasteiger partial charge in [-0.25, -0.2) is 0 Å². The van der Waals surface area contributed by atoms with Crippen LogP contribution in [0.15, 0.2) is 71.5 Å². The van der Waals surface area contributed by atoms with E-state index < -0.39 is 0 Å². The molecule has 0 fully saturated rings. The van der Waals surface area contributed by atoms with Crippen LogP contribution in [0, 0.1) is 36.5 Å². The largest absolute Gasteiger partial charge is 0.493 e. The Labute approximate surface area is 212 Å². The van der Waals surface area contributed by atoms with Crippen LogP contribution in [0.4, 0.5) is 0 Å². The van der Waals surface area contributed by atoms with Gasteiger partial charge in [-0.1, -0.05) is 54.1 Å². The van der Waals surface area contributed by atoms with E-state index in [0.29, 0.717) is 33.0 Å². The molecular weight excluding hydrogens is 470 g/mol. The van der Waals surface area contributed by atoms with Crippen LogP contribution in [0.3, 0.4) is 0 Å². The van der Waals surface area contributed by atoms with Gasteiger partial charge < -0.3 is 9.47 Å². The summed E-state index contributed by atoms with van der Waals surface area (Å²) in [5, 5.41) is 19.1. The first kappa shape index (κ1) is 24.5. The van der Waals surface area contributed by atoms with Crippen molar-refractivity contribution >= 4 is 23.0 Å². The number of aromatic nitrogens is 1. The normalized spacial score (nSPS) is 11.0. The molecule has 0 N–H and O–H groups in total. The monoisotopic (exact) mass is 493 g/mol. The quantitative estimate of drug-likeness (QED) is 0.403. The van der Waals surface area contributed by atoms with Crippen molar-refractivity contribution in [1.29, 1.82) is 10.5 Å². The molecule has 178 valence electrons. The summed E-state index contributed by atoms with van der Waals surface area (Å²) in [5.74, 6) is 1.12. The molecule has 36 heavy (non-hydrogen) atoms. The predicted molar refractivity (Wildman–Crippen MR) is 141 cm³/mol. The number of methoxy groups -OCH3 is 1. The Kier molecular flexibility index (Phi) is 7.34. The number of ether oxygens (including phenoxy) is 2. The SMILES string of the molecule is COc1ccc(/C=c2\sc(=C(C#N)C#N)n(-c3ccc(C)cc3C)c2=O)cc1OCc1ccccc1. The molecule has 7 heteroatoms. The molecule has 4 aromatic rings. The Morgan fingerprint density at radius 1 is 1.00 bits per heavy atom. The van der Waals surface area contributed by atoms with Crippen LogP contribution in [0.1, 0.15) is 22.3 Å². The molecule has 0 saturated carbocycles. The molecule has 0 aliphatic carbocycles. The maximum absolute atomic E-state index is 13.5. The lowest BCUT2D eigenvalue weighted by molar-refractivity contribution is 0.284. The first-order valence-corrected chi connectivity index (χ1v) is 12.0. The van der Waals surface area contributed by atoms with Gasteiger partial charge in [-0.3, -0.25) is 9.36 Å². The molecule has 1 aromatic heterocycles. The molecule has 6 nitrogen and oxygen atoms in total. The van der Waals surface area contributed by atoms with Crippen LogP contribution in [-0.4, -0.2) is 11.7 Å². The van der Waals surface area contributed by atoms with Gasteiger partial charge in [0.2, 0.25) is 0 Å². The van der Waals surface area contributed by atoms with Crippen molar-refractivity contribution in [3.8, 4) is 29.3 Å². The number of aryl methyl sites for hydroxylation is 2. The summed E-state index contributed by atoms with van der Waals surface area (Å²) in [7, 11) is 1.57. The van der Waals surface area contributed by atoms with Gasteiger partial charge >= 0.3 is 0 Å². The van der Waals surface area contributed by atoms with E-state index in [2.05, 4.69) is 0 Å². The zero-order valence-electron chi connectivity index (χ0n) is 20.1. The maximum atomic E-state index is 13.5. The minimum absolute atomic E-state index is 0.113. The zero-order chi connectivity index (χ0) is 25.7. The average molecular weight is 494 g/mol. The van der Waals surface area contributed by atoms with Crippen LogP contribution in [-0.2, 0) is 6.61 Å². The molecule has 0 saturated heterocycles. The van der Waals surface area contributed by atoms with Gasteiger partial charge in [-0.05, 0) is 54.8 Å². The Hall–Kier alpha value is -4.59. The molecule has 1 heterocycles. The number of nitrogens with zero attached hydrogens (tertiary/aromatic N) is 3. The maximum Gasteiger partial charge on any atom is 0.273 e. The molecule has 0 aliphatic rings. The standard InChI is InChI=1S/C29H23N3O3S/c1-19-9-11-24(20(2)13-19)32-28(33)27(36-29(32)23(16-30)17-31)15-22-10-12-25(34-3)26(14-22)35-18-21-7-5-4-6-8-21/h4-15H,18H2,1-3H3/b27-15-. The van der Waals surface area contributed by atoms with E-state index >= 15 is 0 Å². The fourth-order valence-electron chi connectivity index (χ4n) is 3.83. The topological polar surface area (TPSA) is 88.0 Å². The summed E-state index contributed by atoms with van der Waals surface area (Å²) in [5.41, 5.74) is 3.90. The number of rotatable bonds is 6. The van der Waals surface area contributed by atoms with Gasteiger partial charge in [-0.2, -0.15) is 10.5 Å². The van der Waals surface area contributed by atoms with Crippen molar-refractivity contribution in [3.05, 3.63) is 109 Å². The van der Waals surface area contributed by atoms with Gasteiger partial charge in [0.25, 0.3) is 5.56 Å². The molecule has 0 atom stereocenters. The van der Waals surface area contributed by atoms with Crippen molar-refractivity contribution in [3.63, 3.8) is 0 Å². The van der Waals surface area contributed by atoms with Crippen LogP contribution < -0.4 is 24.2 Å². The van der Waals surface area contributed by atoms with Crippen molar-refractivity contribution in [2.24, 2.45) is 0 Å². The van der Waals surface area contributed by atoms with Gasteiger partial charge in [0.05, 0.1) is 17.3 Å². The lowest BCUT2D eigenvalue weighted by Crippen LogP contribution is -2.31. The third kappa shape index (κ3) is 5.07. The molecule has 0 unspecified atom stereocenters. The fraction of sp³-hybridized carbons (Fsp3) is 0.138. The van der Waals surface area contributed by atoms with Gasteiger partial charge in [-0.15, -0.1) is 11.3 Å². The number of thiazole rings is 1. The lowest BCUT2D eigenvalue weighted by Gasteiger charge is -2.11. The third-order valence-corrected chi connectivity index (χ3v) is 6.67. The number of benzene rings is 3. The van der Waals surface area contributed by atoms with Gasteiger partial charge in [0.15, 0.2) is 17.1 Å². The van der Waals surface area contributed by atoms with E-state index in [1.165, 1.54) is 4.57 Å². The van der Waals surface area contributed by atoms with Gasteiger partial charge in [0, 0.05) is 0 Å². The molecule has 3 aromatic carbocycles. The third-order valence-electron chi connectivity index (χ3n) is 5.58. The minimum atomic E-state index is -0.299. The van der Waals surface area contributed by atoms with E-state index in [4.69, 9.17) is 9.47 Å². The fourth-order valence-corrected chi connectivity index (χ4v) is 4.88. The van der Waals surface area contributed by atoms with Gasteiger partial charge in [0.1, 0.15) is 23.4 Å². The summed E-state index contributed by atoms with van der Waals surface area (Å²) in [6.45, 7) is 4.24. The highest BCUT2D eigenvalue weighted by Crippen LogP contribution is 2.29. The van der Waals surface area contributed by atoms with E-state index in [-0.39, 0.29) is 11.1 Å². The second kappa shape index (κ2) is 10.8. The van der Waals surface area contributed by atoms with Crippen molar-refractivity contribution in [1.82, 2.24) is 4.57 Å². The Balaban J connectivity index is 1.85. The second-order valence-electron chi connectivity index (χ2n) is 8.13. The first-order valence-electron chi connectivity index (χ1n) is 11.2. The zero-order valence-corrected chi connectivity index (χ0v) is 20.9. The molecule has 4 rings (SSSR count). The van der Waals surface area contributed by atoms with E-state index in [9.17, 15) is 15.3 Å². The highest BCUT2D eigenvalue weighted by molar-refractivity contribution is 7.07. The van der Waals surface area contributed by atoms with E-state index in [0.717, 1.165) is 33.6 Å². The van der Waals surface area contributed by atoms with Crippen molar-refractivity contribution in [2.45, 2.75) is 20.5 Å². The van der Waals surface area contributed by atoms with E-state index in [1.807, 2.05) is 80.6 Å². The Morgan fingerprint density at radius 2 is 1.75 bits per heavy atom. The first-order chi connectivity index (χ1) is 17.4. The van der Waals surface area contributed by atoms with Crippen LogP contribution in [0.25, 0.3) is 17.3 Å². The summed E-state index contributed by atoms with van der Waals surface area (Å²) < 4.78 is 13.6. The molecule has 0 spiro atoms. The number of hydrogen-bond acceptors (Lipinski definition) is 6. The Bertz CT molecular complexity index is 1670. The predicted octanol–water partition coefficient (Wildman–Crippen LogP) is 4.13. The highest BCUT2D eigenvalue weighted by Gasteiger charge is 2.14. The van der Waals surface area contributed by atoms with Crippen LogP contribution >= 0.6 is 11.3 Å². The molecule has 0 radical (unpaired) electrons. The van der Waals surface area contributed by atoms with Crippen LogP contribution in [0.2, 0.25) is 0 Å². The summed E-state index contributed by atoms with van der Waals surface area (Å²) in [6.07, 6.45) is 1.73. The summed E-state index contributed by atoms with van der Waals surface area (Å²) in [4.78, 5) is 13.5. The molecular formula is C29H23N3O3S. The number of hydrogen-bond donors (Lipinski definition) is 0. The Morgan fingerprint density at radius 3 is 2.42 bits per heavy atom. The molecule has 0 amide bonds. The van der Waals surface area contributed by atoms with Crippen LogP contribution in [0.5, 0.6) is 11.5 Å². The molecule has 0 aliphatic heterocycles. The number of nitriles is 2. The molecule has 0 bridgehead atoms.